The number of urea groups is 1. The van der Waals surface area contributed by atoms with Gasteiger partial charge in [-0.05, 0) is 88.5 Å². The Kier molecular flexibility index (Phi) is 12.4. The molecule has 5 rings (SSSR count). The summed E-state index contributed by atoms with van der Waals surface area (Å²) in [6.45, 7) is 10.3. The number of nitrogens with two attached hydrogens (primary N) is 1. The smallest absolute Gasteiger partial charge is 0.320 e. The van der Waals surface area contributed by atoms with E-state index in [0.717, 1.165) is 43.5 Å². The van der Waals surface area contributed by atoms with Gasteiger partial charge in [0.1, 0.15) is 35.5 Å². The first-order chi connectivity index (χ1) is 24.8. The maximum atomic E-state index is 13.6. The molecule has 1 fully saturated rings. The number of hydrogen-bond acceptors (Lipinski definition) is 8. The molecule has 0 spiro atoms. The van der Waals surface area contributed by atoms with Gasteiger partial charge in [0.2, 0.25) is 5.96 Å². The minimum atomic E-state index is -0.396. The first kappa shape index (κ1) is 38.1. The molecule has 2 heterocycles. The van der Waals surface area contributed by atoms with Gasteiger partial charge < -0.3 is 30.3 Å². The van der Waals surface area contributed by atoms with Crippen LogP contribution >= 0.6 is 0 Å². The van der Waals surface area contributed by atoms with Crippen LogP contribution in [0.1, 0.15) is 83.1 Å². The predicted molar refractivity (Wildman–Crippen MR) is 206 cm³/mol. The van der Waals surface area contributed by atoms with Crippen molar-refractivity contribution in [2.75, 3.05) is 33.8 Å². The molecule has 1 aliphatic carbocycles. The number of nitrogens with zero attached hydrogens (tertiary/aromatic N) is 4. The molecule has 3 atom stereocenters. The summed E-state index contributed by atoms with van der Waals surface area (Å²) in [4.78, 5) is 22.5. The second-order valence-corrected chi connectivity index (χ2v) is 14.9. The van der Waals surface area contributed by atoms with E-state index < -0.39 is 6.03 Å². The summed E-state index contributed by atoms with van der Waals surface area (Å²) >= 11 is 0. The van der Waals surface area contributed by atoms with Crippen molar-refractivity contribution in [2.24, 2.45) is 16.1 Å². The van der Waals surface area contributed by atoms with Crippen molar-refractivity contribution in [3.05, 3.63) is 95.2 Å². The molecular weight excluding hydrogens is 654 g/mol. The largest absolute Gasteiger partial charge is 0.492 e. The summed E-state index contributed by atoms with van der Waals surface area (Å²) in [6.07, 6.45) is 7.73. The highest BCUT2D eigenvalue weighted by Gasteiger charge is 2.30. The number of aliphatic imine (C=N–C) groups is 1. The predicted octanol–water partition coefficient (Wildman–Crippen LogP) is 6.44. The number of ether oxygens (including phenoxy) is 2. The third-order valence-corrected chi connectivity index (χ3v) is 9.52. The van der Waals surface area contributed by atoms with Gasteiger partial charge in [-0.3, -0.25) is 20.7 Å². The number of carbonyl (C=O) groups is 1. The van der Waals surface area contributed by atoms with Crippen molar-refractivity contribution in [1.82, 2.24) is 25.0 Å². The first-order valence-electron chi connectivity index (χ1n) is 18.2. The van der Waals surface area contributed by atoms with E-state index in [1.165, 1.54) is 0 Å². The van der Waals surface area contributed by atoms with Crippen molar-refractivity contribution >= 4 is 23.5 Å². The monoisotopic (exact) mass is 709 g/mol. The van der Waals surface area contributed by atoms with E-state index in [1.807, 2.05) is 83.4 Å². The fourth-order valence-electron chi connectivity index (χ4n) is 6.36. The second-order valence-electron chi connectivity index (χ2n) is 14.9. The molecule has 1 aromatic heterocycles. The molecule has 0 bridgehead atoms. The zero-order chi connectivity index (χ0) is 37.4. The minimum absolute atomic E-state index is 0.234. The van der Waals surface area contributed by atoms with Crippen molar-refractivity contribution in [2.45, 2.75) is 78.0 Å². The third-order valence-electron chi connectivity index (χ3n) is 9.52. The second kappa shape index (κ2) is 16.9. The Bertz CT molecular complexity index is 1840. The number of amides is 2. The third kappa shape index (κ3) is 10.0. The molecule has 278 valence electrons. The Hall–Kier alpha value is -5.10. The van der Waals surface area contributed by atoms with Crippen molar-refractivity contribution in [1.29, 1.82) is 10.8 Å². The van der Waals surface area contributed by atoms with Gasteiger partial charge in [0, 0.05) is 42.4 Å². The standard InChI is InChI=1S/C40H55N9O3/c1-27-12-9-10-21-48(27)38(43)49-26-30(17-20-36(49)42)52-34-19-18-33(31-15-7-8-16-32(31)34)45-39(50)46-37(25-35(41)40(2,3)4)44-28-13-11-14-29(24-28)51-23-22-47(5)6/h7-8,11,13-17,20,24-27,33-34,42-43H,9-10,12,18-19,21-23,41H2,1-6H3,(H2,44,45,46,50)/b35-25-,42-36?,43-38?/t27?,33-,34+/m0/s1. The van der Waals surface area contributed by atoms with Crippen LogP contribution in [0.2, 0.25) is 0 Å². The van der Waals surface area contributed by atoms with Crippen LogP contribution in [0.5, 0.6) is 11.5 Å². The Morgan fingerprint density at radius 2 is 1.81 bits per heavy atom. The average molecular weight is 710 g/mol. The van der Waals surface area contributed by atoms with E-state index in [2.05, 4.69) is 27.4 Å². The molecule has 2 amide bonds. The van der Waals surface area contributed by atoms with E-state index in [0.29, 0.717) is 54.1 Å². The van der Waals surface area contributed by atoms with Crippen LogP contribution in [0.25, 0.3) is 0 Å². The highest BCUT2D eigenvalue weighted by Crippen LogP contribution is 2.38. The number of carbonyl (C=O) groups excluding carboxylic acids is 1. The molecule has 1 aliphatic heterocycles. The molecule has 6 N–H and O–H groups in total. The Morgan fingerprint density at radius 3 is 2.54 bits per heavy atom. The van der Waals surface area contributed by atoms with Crippen LogP contribution < -0.4 is 31.3 Å². The van der Waals surface area contributed by atoms with Gasteiger partial charge >= 0.3 is 6.03 Å². The number of piperidine rings is 1. The summed E-state index contributed by atoms with van der Waals surface area (Å²) in [7, 11) is 3.99. The number of rotatable bonds is 9. The number of nitrogens with one attached hydrogen (secondary N) is 4. The van der Waals surface area contributed by atoms with E-state index in [1.54, 1.807) is 29.0 Å². The Morgan fingerprint density at radius 1 is 1.04 bits per heavy atom. The van der Waals surface area contributed by atoms with Gasteiger partial charge in [0.05, 0.1) is 17.9 Å². The quantitative estimate of drug-likeness (QED) is 0.127. The normalized spacial score (nSPS) is 19.5. The molecule has 52 heavy (non-hydrogen) atoms. The summed E-state index contributed by atoms with van der Waals surface area (Å²) in [5, 5.41) is 23.5. The van der Waals surface area contributed by atoms with E-state index in [4.69, 9.17) is 31.0 Å². The molecule has 2 aromatic carbocycles. The van der Waals surface area contributed by atoms with Crippen LogP contribution in [-0.4, -0.2) is 72.0 Å². The van der Waals surface area contributed by atoms with Crippen molar-refractivity contribution < 1.29 is 14.3 Å². The molecule has 0 saturated carbocycles. The number of pyridine rings is 1. The van der Waals surface area contributed by atoms with Crippen LogP contribution in [0.3, 0.4) is 0 Å². The van der Waals surface area contributed by atoms with E-state index in [-0.39, 0.29) is 29.1 Å². The van der Waals surface area contributed by atoms with Crippen LogP contribution in [0, 0.1) is 16.2 Å². The summed E-state index contributed by atoms with van der Waals surface area (Å²) in [5.41, 5.74) is 9.51. The molecule has 2 aliphatic rings. The average Bonchev–Trinajstić information content (AvgIpc) is 3.09. The highest BCUT2D eigenvalue weighted by atomic mass is 16.5. The van der Waals surface area contributed by atoms with Gasteiger partial charge in [0.25, 0.3) is 0 Å². The SMILES string of the molecule is CC1CCCCN1C(=N)n1cc(O[C@@H]2CC[C@H](NC(=O)NC(/C=C(\N)C(C)(C)C)=Nc3cccc(OCCN(C)C)c3)c3ccccc32)ccc1=N. The summed E-state index contributed by atoms with van der Waals surface area (Å²) in [6, 6.07) is 18.5. The number of amidine groups is 1. The minimum Gasteiger partial charge on any atom is -0.492 e. The summed E-state index contributed by atoms with van der Waals surface area (Å²) < 4.78 is 14.0. The van der Waals surface area contributed by atoms with E-state index >= 15 is 0 Å². The lowest BCUT2D eigenvalue weighted by Crippen LogP contribution is -2.47. The van der Waals surface area contributed by atoms with Gasteiger partial charge in [-0.2, -0.15) is 0 Å². The number of hydrogen-bond donors (Lipinski definition) is 5. The van der Waals surface area contributed by atoms with E-state index in [9.17, 15) is 4.79 Å². The zero-order valence-corrected chi connectivity index (χ0v) is 31.4. The number of likely N-dealkylation sites (N-methyl/N-ethyl adjacent to an activating group) is 1. The zero-order valence-electron chi connectivity index (χ0n) is 31.4. The summed E-state index contributed by atoms with van der Waals surface area (Å²) in [5.74, 6) is 1.89. The van der Waals surface area contributed by atoms with Crippen LogP contribution in [-0.2, 0) is 0 Å². The van der Waals surface area contributed by atoms with Gasteiger partial charge in [-0.15, -0.1) is 0 Å². The van der Waals surface area contributed by atoms with Gasteiger partial charge in [0.15, 0.2) is 0 Å². The van der Waals surface area contributed by atoms with Crippen molar-refractivity contribution in [3.8, 4) is 11.5 Å². The maximum absolute atomic E-state index is 13.6. The number of fused-ring (bicyclic) bond motifs is 1. The Labute approximate surface area is 307 Å². The number of likely N-dealkylation sites (tertiary alicyclic amines) is 1. The van der Waals surface area contributed by atoms with Crippen molar-refractivity contribution in [3.63, 3.8) is 0 Å². The first-order valence-corrected chi connectivity index (χ1v) is 18.2. The number of aromatic nitrogens is 1. The van der Waals surface area contributed by atoms with Gasteiger partial charge in [-0.1, -0.05) is 51.1 Å². The van der Waals surface area contributed by atoms with Gasteiger partial charge in [-0.25, -0.2) is 9.79 Å². The maximum Gasteiger partial charge on any atom is 0.320 e. The molecule has 12 heteroatoms. The molecular formula is C40H55N9O3. The number of allylic oxidation sites excluding steroid dienone is 1. The molecule has 1 unspecified atom stereocenters. The molecule has 3 aromatic rings. The highest BCUT2D eigenvalue weighted by molar-refractivity contribution is 6.05. The lowest BCUT2D eigenvalue weighted by Gasteiger charge is -2.36. The lowest BCUT2D eigenvalue weighted by molar-refractivity contribution is 0.170. The lowest BCUT2D eigenvalue weighted by atomic mass is 9.85. The fraction of sp³-hybridized carbons (Fsp3) is 0.450. The fourth-order valence-corrected chi connectivity index (χ4v) is 6.36. The van der Waals surface area contributed by atoms with Crippen LogP contribution in [0.4, 0.5) is 10.5 Å². The Balaban J connectivity index is 1.31. The number of benzene rings is 2. The topological polar surface area (TPSA) is 157 Å². The molecule has 12 nitrogen and oxygen atoms in total. The molecule has 0 radical (unpaired) electrons. The molecule has 1 saturated heterocycles. The van der Waals surface area contributed by atoms with Crippen LogP contribution in [0.15, 0.2) is 83.6 Å².